The standard InChI is InChI=1S/C16H15NO3S/c18-15-3-1-2-14-13(8-9-21-14)17(15)10-11-4-6-12(7-5-11)16(19)20/h4-9H,1-3,10H2,(H,19,20). The molecular weight excluding hydrogens is 286 g/mol. The zero-order valence-corrected chi connectivity index (χ0v) is 12.2. The maximum atomic E-state index is 12.3. The molecule has 0 aliphatic carbocycles. The number of thiophene rings is 1. The van der Waals surface area contributed by atoms with Crippen LogP contribution in [0.25, 0.3) is 0 Å². The summed E-state index contributed by atoms with van der Waals surface area (Å²) in [6.07, 6.45) is 2.41. The van der Waals surface area contributed by atoms with Gasteiger partial charge in [-0.3, -0.25) is 4.79 Å². The number of benzene rings is 1. The first kappa shape index (κ1) is 13.8. The number of aromatic carboxylic acids is 1. The van der Waals surface area contributed by atoms with Gasteiger partial charge in [0.25, 0.3) is 0 Å². The van der Waals surface area contributed by atoms with Crippen LogP contribution in [-0.2, 0) is 17.8 Å². The van der Waals surface area contributed by atoms with Crippen molar-refractivity contribution in [3.8, 4) is 0 Å². The molecule has 1 aliphatic heterocycles. The Bertz CT molecular complexity index is 675. The number of carboxylic acid groups (broad SMARTS) is 1. The van der Waals surface area contributed by atoms with E-state index in [1.807, 2.05) is 16.3 Å². The van der Waals surface area contributed by atoms with E-state index in [-0.39, 0.29) is 11.5 Å². The van der Waals surface area contributed by atoms with Gasteiger partial charge in [-0.05, 0) is 42.0 Å². The highest BCUT2D eigenvalue weighted by Gasteiger charge is 2.23. The molecule has 0 saturated heterocycles. The summed E-state index contributed by atoms with van der Waals surface area (Å²) in [5, 5.41) is 10.9. The second kappa shape index (κ2) is 5.69. The minimum absolute atomic E-state index is 0.134. The minimum atomic E-state index is -0.937. The van der Waals surface area contributed by atoms with Crippen molar-refractivity contribution < 1.29 is 14.7 Å². The normalized spacial score (nSPS) is 14.7. The SMILES string of the molecule is O=C(O)c1ccc(CN2C(=O)CCCc3sccc32)cc1. The Balaban J connectivity index is 1.86. The topological polar surface area (TPSA) is 57.6 Å². The van der Waals surface area contributed by atoms with Crippen molar-refractivity contribution in [2.24, 2.45) is 0 Å². The molecule has 108 valence electrons. The van der Waals surface area contributed by atoms with Gasteiger partial charge in [0, 0.05) is 11.3 Å². The van der Waals surface area contributed by atoms with Gasteiger partial charge in [-0.2, -0.15) is 0 Å². The van der Waals surface area contributed by atoms with Crippen molar-refractivity contribution in [2.75, 3.05) is 4.90 Å². The number of carbonyl (C=O) groups is 2. The van der Waals surface area contributed by atoms with Gasteiger partial charge in [-0.15, -0.1) is 11.3 Å². The summed E-state index contributed by atoms with van der Waals surface area (Å²) in [6.45, 7) is 0.489. The van der Waals surface area contributed by atoms with Gasteiger partial charge in [0.15, 0.2) is 0 Å². The number of carbonyl (C=O) groups excluding carboxylic acids is 1. The van der Waals surface area contributed by atoms with E-state index in [0.717, 1.165) is 24.1 Å². The van der Waals surface area contributed by atoms with Gasteiger partial charge < -0.3 is 10.0 Å². The maximum Gasteiger partial charge on any atom is 0.335 e. The Morgan fingerprint density at radius 1 is 1.19 bits per heavy atom. The number of hydrogen-bond acceptors (Lipinski definition) is 3. The van der Waals surface area contributed by atoms with Crippen LogP contribution in [0, 0.1) is 0 Å². The fourth-order valence-electron chi connectivity index (χ4n) is 2.54. The summed E-state index contributed by atoms with van der Waals surface area (Å²) in [6, 6.07) is 8.69. The van der Waals surface area contributed by atoms with Crippen LogP contribution < -0.4 is 4.90 Å². The fourth-order valence-corrected chi connectivity index (χ4v) is 3.46. The second-order valence-corrected chi connectivity index (χ2v) is 6.07. The first-order valence-corrected chi connectivity index (χ1v) is 7.72. The minimum Gasteiger partial charge on any atom is -0.478 e. The molecule has 0 radical (unpaired) electrons. The monoisotopic (exact) mass is 301 g/mol. The molecule has 0 atom stereocenters. The van der Waals surface area contributed by atoms with Crippen molar-refractivity contribution >= 4 is 28.9 Å². The first-order chi connectivity index (χ1) is 10.1. The van der Waals surface area contributed by atoms with Crippen molar-refractivity contribution in [1.82, 2.24) is 0 Å². The Labute approximate surface area is 126 Å². The van der Waals surface area contributed by atoms with Crippen molar-refractivity contribution in [2.45, 2.75) is 25.8 Å². The summed E-state index contributed by atoms with van der Waals surface area (Å²) in [5.74, 6) is -0.804. The number of amides is 1. The molecule has 0 spiro atoms. The summed E-state index contributed by atoms with van der Waals surface area (Å²) in [7, 11) is 0. The summed E-state index contributed by atoms with van der Waals surface area (Å²) < 4.78 is 0. The Morgan fingerprint density at radius 2 is 1.95 bits per heavy atom. The fraction of sp³-hybridized carbons (Fsp3) is 0.250. The lowest BCUT2D eigenvalue weighted by molar-refractivity contribution is -0.118. The Morgan fingerprint density at radius 3 is 2.67 bits per heavy atom. The molecule has 4 nitrogen and oxygen atoms in total. The van der Waals surface area contributed by atoms with E-state index in [1.54, 1.807) is 35.6 Å². The lowest BCUT2D eigenvalue weighted by Crippen LogP contribution is -2.29. The van der Waals surface area contributed by atoms with E-state index >= 15 is 0 Å². The zero-order chi connectivity index (χ0) is 14.8. The molecule has 21 heavy (non-hydrogen) atoms. The highest BCUT2D eigenvalue weighted by atomic mass is 32.1. The van der Waals surface area contributed by atoms with E-state index < -0.39 is 5.97 Å². The number of rotatable bonds is 3. The molecule has 5 heteroatoms. The van der Waals surface area contributed by atoms with E-state index in [2.05, 4.69) is 0 Å². The van der Waals surface area contributed by atoms with Crippen LogP contribution in [0.1, 0.15) is 33.6 Å². The predicted octanol–water partition coefficient (Wildman–Crippen LogP) is 3.32. The molecule has 0 fully saturated rings. The molecule has 0 saturated carbocycles. The maximum absolute atomic E-state index is 12.3. The van der Waals surface area contributed by atoms with Crippen molar-refractivity contribution in [1.29, 1.82) is 0 Å². The number of hydrogen-bond donors (Lipinski definition) is 1. The van der Waals surface area contributed by atoms with Crippen LogP contribution in [0.2, 0.25) is 0 Å². The second-order valence-electron chi connectivity index (χ2n) is 5.06. The summed E-state index contributed by atoms with van der Waals surface area (Å²) in [5.41, 5.74) is 2.20. The van der Waals surface area contributed by atoms with Gasteiger partial charge in [-0.25, -0.2) is 4.79 Å². The molecule has 1 aliphatic rings. The average Bonchev–Trinajstić information content (AvgIpc) is 2.88. The van der Waals surface area contributed by atoms with E-state index in [9.17, 15) is 9.59 Å². The van der Waals surface area contributed by atoms with Crippen LogP contribution in [-0.4, -0.2) is 17.0 Å². The number of carboxylic acids is 1. The van der Waals surface area contributed by atoms with Crippen LogP contribution in [0.5, 0.6) is 0 Å². The van der Waals surface area contributed by atoms with Gasteiger partial charge in [0.05, 0.1) is 17.8 Å². The molecule has 1 aromatic heterocycles. The van der Waals surface area contributed by atoms with Crippen molar-refractivity contribution in [3.05, 3.63) is 51.7 Å². The highest BCUT2D eigenvalue weighted by molar-refractivity contribution is 7.10. The summed E-state index contributed by atoms with van der Waals surface area (Å²) >= 11 is 1.69. The largest absolute Gasteiger partial charge is 0.478 e. The molecular formula is C16H15NO3S. The molecule has 1 amide bonds. The third-order valence-electron chi connectivity index (χ3n) is 3.65. The van der Waals surface area contributed by atoms with Crippen molar-refractivity contribution in [3.63, 3.8) is 0 Å². The Hall–Kier alpha value is -2.14. The average molecular weight is 301 g/mol. The first-order valence-electron chi connectivity index (χ1n) is 6.84. The number of fused-ring (bicyclic) bond motifs is 1. The molecule has 2 aromatic rings. The zero-order valence-electron chi connectivity index (χ0n) is 11.4. The molecule has 0 bridgehead atoms. The number of anilines is 1. The molecule has 2 heterocycles. The third kappa shape index (κ3) is 2.83. The smallest absolute Gasteiger partial charge is 0.335 e. The molecule has 1 aromatic carbocycles. The molecule has 0 unspecified atom stereocenters. The number of aryl methyl sites for hydroxylation is 1. The van der Waals surface area contributed by atoms with E-state index in [4.69, 9.17) is 5.11 Å². The summed E-state index contributed by atoms with van der Waals surface area (Å²) in [4.78, 5) is 26.2. The quantitative estimate of drug-likeness (QED) is 0.946. The van der Waals surface area contributed by atoms with Gasteiger partial charge >= 0.3 is 5.97 Å². The van der Waals surface area contributed by atoms with Crippen LogP contribution in [0.15, 0.2) is 35.7 Å². The lowest BCUT2D eigenvalue weighted by Gasteiger charge is -2.21. The molecule has 3 rings (SSSR count). The van der Waals surface area contributed by atoms with E-state index in [0.29, 0.717) is 13.0 Å². The lowest BCUT2D eigenvalue weighted by atomic mass is 10.1. The van der Waals surface area contributed by atoms with Crippen LogP contribution >= 0.6 is 11.3 Å². The van der Waals surface area contributed by atoms with Crippen LogP contribution in [0.3, 0.4) is 0 Å². The Kier molecular flexibility index (Phi) is 3.75. The highest BCUT2D eigenvalue weighted by Crippen LogP contribution is 2.32. The predicted molar refractivity (Wildman–Crippen MR) is 81.8 cm³/mol. The van der Waals surface area contributed by atoms with E-state index in [1.165, 1.54) is 4.88 Å². The third-order valence-corrected chi connectivity index (χ3v) is 4.62. The van der Waals surface area contributed by atoms with Gasteiger partial charge in [-0.1, -0.05) is 12.1 Å². The molecule has 1 N–H and O–H groups in total. The van der Waals surface area contributed by atoms with Gasteiger partial charge in [0.1, 0.15) is 0 Å². The van der Waals surface area contributed by atoms with Crippen LogP contribution in [0.4, 0.5) is 5.69 Å². The number of nitrogens with zero attached hydrogens (tertiary/aromatic N) is 1. The van der Waals surface area contributed by atoms with Gasteiger partial charge in [0.2, 0.25) is 5.91 Å².